The highest BCUT2D eigenvalue weighted by Crippen LogP contribution is 2.32. The third-order valence-corrected chi connectivity index (χ3v) is 3.34. The van der Waals surface area contributed by atoms with Crippen LogP contribution in [0.1, 0.15) is 0 Å². The van der Waals surface area contributed by atoms with Crippen molar-refractivity contribution in [2.45, 2.75) is 0 Å². The van der Waals surface area contributed by atoms with Gasteiger partial charge in [0.2, 0.25) is 0 Å². The molecule has 8 heteroatoms. The second kappa shape index (κ2) is 3.04. The number of quaternary nitrogens is 1. The zero-order chi connectivity index (χ0) is 12.1. The first-order chi connectivity index (χ1) is 8.06. The Hall–Kier alpha value is -1.96. The topological polar surface area (TPSA) is 78.4 Å². The van der Waals surface area contributed by atoms with E-state index in [4.69, 9.17) is 9.31 Å². The Balaban J connectivity index is 2.16. The van der Waals surface area contributed by atoms with E-state index >= 15 is 0 Å². The number of carbonyl (C=O) groups excluding carboxylic acids is 2. The number of hydrogen-bond donors (Lipinski definition) is 0. The van der Waals surface area contributed by atoms with Crippen LogP contribution in [0.2, 0.25) is 0 Å². The molecule has 0 unspecified atom stereocenters. The van der Waals surface area contributed by atoms with Crippen LogP contribution in [0.25, 0.3) is 0 Å². The summed E-state index contributed by atoms with van der Waals surface area (Å²) in [5.74, 6) is -0.767. The normalized spacial score (nSPS) is 35.4. The maximum Gasteiger partial charge on any atom is 0.633 e. The highest BCUT2D eigenvalue weighted by atomic mass is 16.7. The lowest BCUT2D eigenvalue weighted by atomic mass is 9.65. The first kappa shape index (κ1) is 10.2. The number of rotatable bonds is 1. The van der Waals surface area contributed by atoms with E-state index in [2.05, 4.69) is 9.97 Å². The average Bonchev–Trinajstić information content (AvgIpc) is 2.64. The highest BCUT2D eigenvalue weighted by Gasteiger charge is 2.67. The fourth-order valence-corrected chi connectivity index (χ4v) is 2.53. The molecule has 88 valence electrons. The van der Waals surface area contributed by atoms with Gasteiger partial charge in [-0.05, 0) is 0 Å². The van der Waals surface area contributed by atoms with Crippen LogP contribution in [0, 0.1) is 0 Å². The van der Waals surface area contributed by atoms with Gasteiger partial charge >= 0.3 is 18.6 Å². The number of nitrogens with zero attached hydrogens (tertiary/aromatic N) is 3. The van der Waals surface area contributed by atoms with Crippen LogP contribution in [0.15, 0.2) is 18.6 Å². The summed E-state index contributed by atoms with van der Waals surface area (Å²) in [6.07, 6.45) is 4.45. The highest BCUT2D eigenvalue weighted by molar-refractivity contribution is 6.78. The summed E-state index contributed by atoms with van der Waals surface area (Å²) in [6, 6.07) is 0. The molecule has 1 aromatic heterocycles. The van der Waals surface area contributed by atoms with Gasteiger partial charge in [0.05, 0.1) is 5.59 Å². The molecule has 0 spiro atoms. The van der Waals surface area contributed by atoms with Gasteiger partial charge in [-0.1, -0.05) is 0 Å². The van der Waals surface area contributed by atoms with Crippen molar-refractivity contribution in [3.05, 3.63) is 18.6 Å². The summed E-state index contributed by atoms with van der Waals surface area (Å²) in [4.78, 5) is 31.0. The van der Waals surface area contributed by atoms with E-state index in [1.807, 2.05) is 0 Å². The summed E-state index contributed by atoms with van der Waals surface area (Å²) in [6.45, 7) is -2.00. The molecule has 0 amide bonds. The fourth-order valence-electron chi connectivity index (χ4n) is 2.53. The quantitative estimate of drug-likeness (QED) is 0.533. The van der Waals surface area contributed by atoms with Crippen LogP contribution in [-0.2, 0) is 18.9 Å². The summed E-state index contributed by atoms with van der Waals surface area (Å²) in [5, 5.41) is 0. The number of fused-ring (bicyclic) bond motifs is 1. The van der Waals surface area contributed by atoms with Gasteiger partial charge in [0, 0.05) is 25.6 Å². The van der Waals surface area contributed by atoms with E-state index in [0.717, 1.165) is 0 Å². The van der Waals surface area contributed by atoms with E-state index in [1.165, 1.54) is 18.6 Å². The zero-order valence-corrected chi connectivity index (χ0v) is 9.20. The number of likely N-dealkylation sites (N-methyl/N-ethyl adjacent to an activating group) is 1. The summed E-state index contributed by atoms with van der Waals surface area (Å²) >= 11 is 0. The monoisotopic (exact) mass is 235 g/mol. The second-order valence-electron chi connectivity index (χ2n) is 4.58. The number of hydrogen-bond acceptors (Lipinski definition) is 6. The summed E-state index contributed by atoms with van der Waals surface area (Å²) in [7, 11) is 1.75. The van der Waals surface area contributed by atoms with Crippen LogP contribution in [0.5, 0.6) is 0 Å². The summed E-state index contributed by atoms with van der Waals surface area (Å²) < 4.78 is 10.7. The van der Waals surface area contributed by atoms with Gasteiger partial charge in [-0.25, -0.2) is 0 Å². The lowest BCUT2D eigenvalue weighted by Crippen LogP contribution is -2.68. The van der Waals surface area contributed by atoms with Gasteiger partial charge in [-0.15, -0.1) is 0 Å². The average molecular weight is 235 g/mol. The third-order valence-electron chi connectivity index (χ3n) is 3.34. The van der Waals surface area contributed by atoms with Crippen LogP contribution in [-0.4, -0.2) is 53.1 Å². The molecule has 0 aromatic carbocycles. The molecule has 2 saturated heterocycles. The van der Waals surface area contributed by atoms with Crippen molar-refractivity contribution in [1.82, 2.24) is 9.97 Å². The zero-order valence-electron chi connectivity index (χ0n) is 9.20. The maximum atomic E-state index is 11.5. The molecule has 7 nitrogen and oxygen atoms in total. The predicted octanol–water partition coefficient (Wildman–Crippen LogP) is -1.82. The Morgan fingerprint density at radius 3 is 2.41 bits per heavy atom. The van der Waals surface area contributed by atoms with E-state index in [0.29, 0.717) is 5.59 Å². The Labute approximate surface area is 97.0 Å². The van der Waals surface area contributed by atoms with Gasteiger partial charge in [0.25, 0.3) is 0 Å². The van der Waals surface area contributed by atoms with Gasteiger partial charge in [-0.3, -0.25) is 19.6 Å². The summed E-state index contributed by atoms with van der Waals surface area (Å²) in [5.41, 5.74) is 0.395. The molecule has 17 heavy (non-hydrogen) atoms. The molecule has 2 aliphatic rings. The van der Waals surface area contributed by atoms with Crippen molar-refractivity contribution < 1.29 is 23.3 Å². The fraction of sp³-hybridized carbons (Fsp3) is 0.333. The van der Waals surface area contributed by atoms with Crippen LogP contribution >= 0.6 is 0 Å². The molecular formula is C9H10BN3O4. The van der Waals surface area contributed by atoms with Crippen molar-refractivity contribution in [3.63, 3.8) is 0 Å². The minimum Gasteiger partial charge on any atom is -0.595 e. The third kappa shape index (κ3) is 1.21. The van der Waals surface area contributed by atoms with Crippen molar-refractivity contribution in [2.24, 2.45) is 0 Å². The van der Waals surface area contributed by atoms with Crippen molar-refractivity contribution >= 4 is 24.2 Å². The van der Waals surface area contributed by atoms with Crippen molar-refractivity contribution in [2.75, 3.05) is 20.1 Å². The Morgan fingerprint density at radius 2 is 1.88 bits per heavy atom. The molecule has 0 N–H and O–H groups in total. The van der Waals surface area contributed by atoms with Gasteiger partial charge in [0.15, 0.2) is 0 Å². The SMILES string of the molecule is C[N+]12CC(=O)O[B-]1(c1cnccn1)OC(=O)C2. The smallest absolute Gasteiger partial charge is 0.595 e. The molecule has 3 heterocycles. The molecular weight excluding hydrogens is 225 g/mol. The van der Waals surface area contributed by atoms with E-state index in [1.54, 1.807) is 7.05 Å². The standard InChI is InChI=1S/C9H10BN3O4/c1-13-5-8(14)16-10(13,17-9(15)6-13)7-4-11-2-3-12-7/h2-4H,5-6H2,1H3. The first-order valence-corrected chi connectivity index (χ1v) is 5.24. The van der Waals surface area contributed by atoms with E-state index < -0.39 is 6.69 Å². The second-order valence-corrected chi connectivity index (χ2v) is 4.58. The molecule has 2 fully saturated rings. The molecule has 0 saturated carbocycles. The van der Waals surface area contributed by atoms with E-state index in [-0.39, 0.29) is 29.4 Å². The predicted molar refractivity (Wildman–Crippen MR) is 55.5 cm³/mol. The minimum absolute atomic E-state index is 0.0936. The van der Waals surface area contributed by atoms with E-state index in [9.17, 15) is 9.59 Å². The number of aromatic nitrogens is 2. The maximum absolute atomic E-state index is 11.5. The Bertz CT molecular complexity index is 486. The Kier molecular flexibility index (Phi) is 1.83. The molecule has 0 aliphatic carbocycles. The molecule has 0 bridgehead atoms. The Morgan fingerprint density at radius 1 is 1.24 bits per heavy atom. The van der Waals surface area contributed by atoms with Crippen molar-refractivity contribution in [3.8, 4) is 0 Å². The van der Waals surface area contributed by atoms with Gasteiger partial charge < -0.3 is 13.7 Å². The van der Waals surface area contributed by atoms with Gasteiger partial charge in [-0.2, -0.15) is 0 Å². The molecule has 0 radical (unpaired) electrons. The first-order valence-electron chi connectivity index (χ1n) is 5.24. The van der Waals surface area contributed by atoms with Crippen LogP contribution in [0.4, 0.5) is 0 Å². The van der Waals surface area contributed by atoms with Crippen LogP contribution in [0.3, 0.4) is 0 Å². The minimum atomic E-state index is -2.22. The lowest BCUT2D eigenvalue weighted by molar-refractivity contribution is -0.791. The molecule has 0 atom stereocenters. The molecule has 3 rings (SSSR count). The van der Waals surface area contributed by atoms with Crippen LogP contribution < -0.4 is 5.59 Å². The molecule has 1 aromatic rings. The molecule has 2 aliphatic heterocycles. The largest absolute Gasteiger partial charge is 0.633 e. The number of carbonyl (C=O) groups is 2. The van der Waals surface area contributed by atoms with Crippen molar-refractivity contribution in [1.29, 1.82) is 0 Å². The van der Waals surface area contributed by atoms with Gasteiger partial charge in [0.1, 0.15) is 13.1 Å². The lowest BCUT2D eigenvalue weighted by Gasteiger charge is -2.38.